The van der Waals surface area contributed by atoms with Gasteiger partial charge in [0.25, 0.3) is 0 Å². The van der Waals surface area contributed by atoms with E-state index in [4.69, 9.17) is 5.73 Å². The molecule has 0 saturated heterocycles. The second-order valence-corrected chi connectivity index (χ2v) is 5.69. The first kappa shape index (κ1) is 11.7. The minimum atomic E-state index is 0.394. The first-order chi connectivity index (χ1) is 9.79. The quantitative estimate of drug-likeness (QED) is 0.744. The normalized spacial score (nSPS) is 21.9. The number of hydrogen-bond acceptors (Lipinski definition) is 2. The van der Waals surface area contributed by atoms with E-state index in [1.54, 1.807) is 6.33 Å². The van der Waals surface area contributed by atoms with Gasteiger partial charge in [-0.15, -0.1) is 0 Å². The van der Waals surface area contributed by atoms with E-state index in [0.29, 0.717) is 12.0 Å². The van der Waals surface area contributed by atoms with Gasteiger partial charge in [0.15, 0.2) is 0 Å². The van der Waals surface area contributed by atoms with Gasteiger partial charge >= 0.3 is 0 Å². The van der Waals surface area contributed by atoms with Gasteiger partial charge in [0.2, 0.25) is 0 Å². The SMILES string of the molecule is NC1CC(c2cccc(-c3ccc4nc[nH]c4c3)c2)C1. The van der Waals surface area contributed by atoms with Crippen molar-refractivity contribution in [1.82, 2.24) is 9.97 Å². The molecule has 1 aliphatic carbocycles. The molecule has 1 aliphatic rings. The van der Waals surface area contributed by atoms with Gasteiger partial charge in [0, 0.05) is 6.04 Å². The molecule has 4 rings (SSSR count). The molecule has 0 radical (unpaired) electrons. The molecule has 0 bridgehead atoms. The Morgan fingerprint density at radius 1 is 1.05 bits per heavy atom. The molecule has 1 saturated carbocycles. The number of nitrogens with two attached hydrogens (primary N) is 1. The summed E-state index contributed by atoms with van der Waals surface area (Å²) in [5, 5.41) is 0. The lowest BCUT2D eigenvalue weighted by Crippen LogP contribution is -2.34. The van der Waals surface area contributed by atoms with Crippen LogP contribution in [0.3, 0.4) is 0 Å². The van der Waals surface area contributed by atoms with Crippen LogP contribution in [-0.2, 0) is 0 Å². The topological polar surface area (TPSA) is 54.7 Å². The van der Waals surface area contributed by atoms with E-state index in [-0.39, 0.29) is 0 Å². The number of aromatic amines is 1. The highest BCUT2D eigenvalue weighted by atomic mass is 14.9. The van der Waals surface area contributed by atoms with Crippen LogP contribution in [-0.4, -0.2) is 16.0 Å². The molecule has 0 spiro atoms. The lowest BCUT2D eigenvalue weighted by molar-refractivity contribution is 0.351. The van der Waals surface area contributed by atoms with Crippen molar-refractivity contribution >= 4 is 11.0 Å². The Hall–Kier alpha value is -2.13. The van der Waals surface area contributed by atoms with Gasteiger partial charge in [-0.25, -0.2) is 4.98 Å². The molecular formula is C17H17N3. The molecule has 100 valence electrons. The fourth-order valence-corrected chi connectivity index (χ4v) is 3.02. The number of fused-ring (bicyclic) bond motifs is 1. The number of nitrogens with zero attached hydrogens (tertiary/aromatic N) is 1. The highest BCUT2D eigenvalue weighted by Crippen LogP contribution is 2.37. The van der Waals surface area contributed by atoms with E-state index in [1.807, 2.05) is 0 Å². The Morgan fingerprint density at radius 2 is 1.90 bits per heavy atom. The Kier molecular flexibility index (Phi) is 2.60. The Morgan fingerprint density at radius 3 is 2.75 bits per heavy atom. The van der Waals surface area contributed by atoms with Gasteiger partial charge in [0.05, 0.1) is 17.4 Å². The zero-order valence-corrected chi connectivity index (χ0v) is 11.2. The molecule has 0 atom stereocenters. The fraction of sp³-hybridized carbons (Fsp3) is 0.235. The molecule has 0 aliphatic heterocycles. The lowest BCUT2D eigenvalue weighted by atomic mass is 9.76. The minimum Gasteiger partial charge on any atom is -0.345 e. The Labute approximate surface area is 117 Å². The summed E-state index contributed by atoms with van der Waals surface area (Å²) in [6.45, 7) is 0. The third-order valence-electron chi connectivity index (χ3n) is 4.29. The zero-order chi connectivity index (χ0) is 13.5. The summed E-state index contributed by atoms with van der Waals surface area (Å²) in [6, 6.07) is 15.6. The van der Waals surface area contributed by atoms with Crippen LogP contribution >= 0.6 is 0 Å². The van der Waals surface area contributed by atoms with Crippen molar-refractivity contribution in [3.63, 3.8) is 0 Å². The van der Waals surface area contributed by atoms with Gasteiger partial charge < -0.3 is 10.7 Å². The molecule has 0 amide bonds. The first-order valence-corrected chi connectivity index (χ1v) is 7.08. The molecule has 3 heteroatoms. The summed E-state index contributed by atoms with van der Waals surface area (Å²) in [7, 11) is 0. The van der Waals surface area contributed by atoms with Crippen molar-refractivity contribution < 1.29 is 0 Å². The minimum absolute atomic E-state index is 0.394. The van der Waals surface area contributed by atoms with Gasteiger partial charge in [-0.05, 0) is 47.6 Å². The van der Waals surface area contributed by atoms with Crippen molar-refractivity contribution in [2.45, 2.75) is 24.8 Å². The maximum Gasteiger partial charge on any atom is 0.0931 e. The monoisotopic (exact) mass is 263 g/mol. The maximum atomic E-state index is 5.89. The van der Waals surface area contributed by atoms with Gasteiger partial charge in [-0.3, -0.25) is 0 Å². The molecule has 0 unspecified atom stereocenters. The third-order valence-corrected chi connectivity index (χ3v) is 4.29. The molecule has 2 aromatic carbocycles. The Bertz CT molecular complexity index is 754. The molecule has 3 nitrogen and oxygen atoms in total. The predicted octanol–water partition coefficient (Wildman–Crippen LogP) is 3.43. The van der Waals surface area contributed by atoms with Gasteiger partial charge in [-0.2, -0.15) is 0 Å². The van der Waals surface area contributed by atoms with Gasteiger partial charge in [-0.1, -0.05) is 30.3 Å². The second kappa shape index (κ2) is 4.46. The van der Waals surface area contributed by atoms with Crippen LogP contribution in [0.5, 0.6) is 0 Å². The number of H-pyrrole nitrogens is 1. The highest BCUT2D eigenvalue weighted by molar-refractivity contribution is 5.81. The molecule has 3 aromatic rings. The average Bonchev–Trinajstić information content (AvgIpc) is 2.91. The predicted molar refractivity (Wildman–Crippen MR) is 81.5 cm³/mol. The summed E-state index contributed by atoms with van der Waals surface area (Å²) in [4.78, 5) is 7.43. The molecule has 1 heterocycles. The molecule has 1 fully saturated rings. The van der Waals surface area contributed by atoms with Crippen molar-refractivity contribution in [2.24, 2.45) is 5.73 Å². The summed E-state index contributed by atoms with van der Waals surface area (Å²) in [5.41, 5.74) is 11.9. The van der Waals surface area contributed by atoms with Crippen molar-refractivity contribution in [3.8, 4) is 11.1 Å². The van der Waals surface area contributed by atoms with Crippen LogP contribution in [0.4, 0.5) is 0 Å². The van der Waals surface area contributed by atoms with Crippen molar-refractivity contribution in [3.05, 3.63) is 54.4 Å². The Balaban J connectivity index is 1.72. The molecule has 20 heavy (non-hydrogen) atoms. The summed E-state index contributed by atoms with van der Waals surface area (Å²) < 4.78 is 0. The third kappa shape index (κ3) is 1.91. The van der Waals surface area contributed by atoms with Crippen molar-refractivity contribution in [2.75, 3.05) is 0 Å². The van der Waals surface area contributed by atoms with E-state index >= 15 is 0 Å². The number of imidazole rings is 1. The van der Waals surface area contributed by atoms with Crippen LogP contribution in [0.25, 0.3) is 22.2 Å². The lowest BCUT2D eigenvalue weighted by Gasteiger charge is -2.33. The molecule has 3 N–H and O–H groups in total. The largest absolute Gasteiger partial charge is 0.345 e. The maximum absolute atomic E-state index is 5.89. The summed E-state index contributed by atoms with van der Waals surface area (Å²) in [5.74, 6) is 0.640. The average molecular weight is 263 g/mol. The van der Waals surface area contributed by atoms with E-state index in [1.165, 1.54) is 16.7 Å². The van der Waals surface area contributed by atoms with E-state index in [2.05, 4.69) is 52.4 Å². The van der Waals surface area contributed by atoms with Gasteiger partial charge in [0.1, 0.15) is 0 Å². The van der Waals surface area contributed by atoms with Crippen LogP contribution in [0, 0.1) is 0 Å². The number of nitrogens with one attached hydrogen (secondary N) is 1. The smallest absolute Gasteiger partial charge is 0.0931 e. The highest BCUT2D eigenvalue weighted by Gasteiger charge is 2.27. The van der Waals surface area contributed by atoms with E-state index in [9.17, 15) is 0 Å². The molecule has 1 aromatic heterocycles. The summed E-state index contributed by atoms with van der Waals surface area (Å²) in [6.07, 6.45) is 3.96. The van der Waals surface area contributed by atoms with E-state index in [0.717, 1.165) is 23.9 Å². The number of aromatic nitrogens is 2. The van der Waals surface area contributed by atoms with Crippen LogP contribution in [0.2, 0.25) is 0 Å². The number of hydrogen-bond donors (Lipinski definition) is 2. The van der Waals surface area contributed by atoms with Crippen molar-refractivity contribution in [1.29, 1.82) is 0 Å². The number of rotatable bonds is 2. The zero-order valence-electron chi connectivity index (χ0n) is 11.2. The second-order valence-electron chi connectivity index (χ2n) is 5.69. The fourth-order valence-electron chi connectivity index (χ4n) is 3.02. The summed E-state index contributed by atoms with van der Waals surface area (Å²) >= 11 is 0. The standard InChI is InChI=1S/C17H17N3/c18-15-7-14(8-15)12-3-1-2-11(6-12)13-4-5-16-17(9-13)20-10-19-16/h1-6,9-10,14-15H,7-8,18H2,(H,19,20). The van der Waals surface area contributed by atoms with E-state index < -0.39 is 0 Å². The number of benzene rings is 2. The van der Waals surface area contributed by atoms with Crippen LogP contribution < -0.4 is 5.73 Å². The molecular weight excluding hydrogens is 246 g/mol. The van der Waals surface area contributed by atoms with Crippen LogP contribution in [0.15, 0.2) is 48.8 Å². The van der Waals surface area contributed by atoms with Crippen LogP contribution in [0.1, 0.15) is 24.3 Å². The first-order valence-electron chi connectivity index (χ1n) is 7.08.